The van der Waals surface area contributed by atoms with E-state index < -0.39 is 0 Å². The number of rotatable bonds is 1. The van der Waals surface area contributed by atoms with Gasteiger partial charge in [0.25, 0.3) is 0 Å². The molecule has 0 fully saturated rings. The van der Waals surface area contributed by atoms with Crippen LogP contribution in [0, 0.1) is 0 Å². The SMILES string of the molecule is CCC(N)N.F.F.F. The molecule has 0 atom stereocenters. The van der Waals surface area contributed by atoms with Gasteiger partial charge in [-0.3, -0.25) is 14.1 Å². The van der Waals surface area contributed by atoms with Crippen molar-refractivity contribution in [2.24, 2.45) is 11.5 Å². The molecule has 0 saturated heterocycles. The normalized spacial score (nSPS) is 6.00. The second kappa shape index (κ2) is 15.9. The van der Waals surface area contributed by atoms with E-state index in [0.717, 1.165) is 6.42 Å². The van der Waals surface area contributed by atoms with Crippen molar-refractivity contribution in [3.05, 3.63) is 0 Å². The van der Waals surface area contributed by atoms with Crippen LogP contribution in [-0.2, 0) is 0 Å². The zero-order valence-corrected chi connectivity index (χ0v) is 4.66. The Morgan fingerprint density at radius 3 is 1.25 bits per heavy atom. The van der Waals surface area contributed by atoms with Gasteiger partial charge in [-0.2, -0.15) is 0 Å². The predicted octanol–water partition coefficient (Wildman–Crippen LogP) is 0.0974. The Kier molecular flexibility index (Phi) is 50.1. The maximum Gasteiger partial charge on any atom is 0.0518 e. The molecule has 0 aromatic rings. The summed E-state index contributed by atoms with van der Waals surface area (Å²) in [4.78, 5) is 0. The quantitative estimate of drug-likeness (QED) is 0.499. The molecule has 0 radical (unpaired) electrons. The molecule has 0 spiro atoms. The highest BCUT2D eigenvalue weighted by atomic mass is 19.0. The van der Waals surface area contributed by atoms with E-state index in [-0.39, 0.29) is 20.3 Å². The Labute approximate surface area is 46.3 Å². The molecule has 0 amide bonds. The molecule has 56 valence electrons. The summed E-state index contributed by atoms with van der Waals surface area (Å²) in [5.74, 6) is 0. The fraction of sp³-hybridized carbons (Fsp3) is 1.00. The van der Waals surface area contributed by atoms with Crippen molar-refractivity contribution in [1.82, 2.24) is 0 Å². The van der Waals surface area contributed by atoms with E-state index in [0.29, 0.717) is 0 Å². The summed E-state index contributed by atoms with van der Waals surface area (Å²) in [6, 6.07) is 0. The first-order valence-electron chi connectivity index (χ1n) is 1.78. The van der Waals surface area contributed by atoms with Crippen LogP contribution in [0.2, 0.25) is 0 Å². The van der Waals surface area contributed by atoms with Gasteiger partial charge in [-0.15, -0.1) is 0 Å². The molecule has 4 N–H and O–H groups in total. The fourth-order valence-corrected chi connectivity index (χ4v) is 0. The number of hydrogen-bond acceptors (Lipinski definition) is 2. The zero-order valence-electron chi connectivity index (χ0n) is 4.66. The molecular formula is C3H13F3N2. The molecule has 2 nitrogen and oxygen atoms in total. The number of halogens is 3. The maximum atomic E-state index is 5.07. The second-order valence-corrected chi connectivity index (χ2v) is 1.07. The molecule has 0 bridgehead atoms. The lowest BCUT2D eigenvalue weighted by Gasteiger charge is -1.92. The third-order valence-electron chi connectivity index (χ3n) is 0.471. The topological polar surface area (TPSA) is 52.0 Å². The molecular weight excluding hydrogens is 121 g/mol. The van der Waals surface area contributed by atoms with Crippen molar-refractivity contribution in [3.63, 3.8) is 0 Å². The molecule has 0 unspecified atom stereocenters. The lowest BCUT2D eigenvalue weighted by atomic mass is 10.4. The average Bonchev–Trinajstić information content (AvgIpc) is 1.38. The van der Waals surface area contributed by atoms with Crippen molar-refractivity contribution < 1.29 is 14.1 Å². The molecule has 8 heavy (non-hydrogen) atoms. The summed E-state index contributed by atoms with van der Waals surface area (Å²) in [6.07, 6.45) is 0.745. The van der Waals surface area contributed by atoms with Gasteiger partial charge in [0.05, 0.1) is 6.17 Å². The Morgan fingerprint density at radius 1 is 1.12 bits per heavy atom. The van der Waals surface area contributed by atoms with E-state index in [1.807, 2.05) is 6.92 Å². The molecule has 0 heterocycles. The molecule has 0 rings (SSSR count). The van der Waals surface area contributed by atoms with Gasteiger partial charge in [0.1, 0.15) is 0 Å². The van der Waals surface area contributed by atoms with Crippen LogP contribution in [0.3, 0.4) is 0 Å². The molecule has 0 aliphatic heterocycles. The molecule has 0 aliphatic rings. The van der Waals surface area contributed by atoms with Crippen LogP contribution in [0.4, 0.5) is 14.1 Å². The Bertz CT molecular complexity index is 26.5. The van der Waals surface area contributed by atoms with Crippen molar-refractivity contribution in [2.45, 2.75) is 19.5 Å². The van der Waals surface area contributed by atoms with Gasteiger partial charge in [-0.05, 0) is 6.42 Å². The van der Waals surface area contributed by atoms with Crippen molar-refractivity contribution >= 4 is 0 Å². The molecule has 5 heteroatoms. The highest BCUT2D eigenvalue weighted by molar-refractivity contribution is 4.40. The van der Waals surface area contributed by atoms with Crippen LogP contribution in [0.5, 0.6) is 0 Å². The molecule has 0 saturated carbocycles. The van der Waals surface area contributed by atoms with Crippen LogP contribution in [0.25, 0.3) is 0 Å². The second-order valence-electron chi connectivity index (χ2n) is 1.07. The van der Waals surface area contributed by atoms with Gasteiger partial charge >= 0.3 is 0 Å². The number of hydrogen-bond donors (Lipinski definition) is 2. The van der Waals surface area contributed by atoms with Gasteiger partial charge in [0.2, 0.25) is 0 Å². The highest BCUT2D eigenvalue weighted by Crippen LogP contribution is 1.68. The first kappa shape index (κ1) is 25.2. The van der Waals surface area contributed by atoms with E-state index in [4.69, 9.17) is 11.5 Å². The lowest BCUT2D eigenvalue weighted by Crippen LogP contribution is -2.28. The van der Waals surface area contributed by atoms with Gasteiger partial charge in [0, 0.05) is 0 Å². The third-order valence-corrected chi connectivity index (χ3v) is 0.471. The van der Waals surface area contributed by atoms with E-state index in [1.54, 1.807) is 0 Å². The third kappa shape index (κ3) is 43.3. The van der Waals surface area contributed by atoms with Gasteiger partial charge in [-0.1, -0.05) is 6.92 Å². The van der Waals surface area contributed by atoms with Crippen molar-refractivity contribution in [1.29, 1.82) is 0 Å². The standard InChI is InChI=1S/C3H10N2.3FH/c1-2-3(4)5;;;/h3H,2,4-5H2,1H3;3*1H. The fourth-order valence-electron chi connectivity index (χ4n) is 0. The Balaban J connectivity index is -0.0000000267. The van der Waals surface area contributed by atoms with Gasteiger partial charge in [-0.25, -0.2) is 0 Å². The Morgan fingerprint density at radius 2 is 1.25 bits per heavy atom. The minimum absolute atomic E-state index is 0. The minimum Gasteiger partial charge on any atom is -0.316 e. The van der Waals surface area contributed by atoms with E-state index in [1.165, 1.54) is 0 Å². The summed E-state index contributed by atoms with van der Waals surface area (Å²) in [5, 5.41) is 0. The van der Waals surface area contributed by atoms with Crippen LogP contribution in [0.15, 0.2) is 0 Å². The van der Waals surface area contributed by atoms with E-state index >= 15 is 0 Å². The highest BCUT2D eigenvalue weighted by Gasteiger charge is 1.79. The summed E-state index contributed by atoms with van der Waals surface area (Å²) in [5.41, 5.74) is 10.1. The van der Waals surface area contributed by atoms with Gasteiger partial charge in [0.15, 0.2) is 0 Å². The lowest BCUT2D eigenvalue weighted by molar-refractivity contribution is 0.682. The maximum absolute atomic E-state index is 5.07. The van der Waals surface area contributed by atoms with Crippen LogP contribution >= 0.6 is 0 Å². The molecule has 0 aromatic heterocycles. The molecule has 0 aliphatic carbocycles. The smallest absolute Gasteiger partial charge is 0.0518 e. The number of nitrogens with two attached hydrogens (primary N) is 2. The minimum atomic E-state index is -0.116. The van der Waals surface area contributed by atoms with Gasteiger partial charge < -0.3 is 11.5 Å². The first-order valence-corrected chi connectivity index (χ1v) is 1.78. The predicted molar refractivity (Wildman–Crippen MR) is 30.0 cm³/mol. The Hall–Kier alpha value is -0.290. The largest absolute Gasteiger partial charge is 0.316 e. The van der Waals surface area contributed by atoms with E-state index in [2.05, 4.69) is 0 Å². The summed E-state index contributed by atoms with van der Waals surface area (Å²) in [7, 11) is 0. The van der Waals surface area contributed by atoms with Crippen molar-refractivity contribution in [3.8, 4) is 0 Å². The van der Waals surface area contributed by atoms with Crippen LogP contribution in [-0.4, -0.2) is 6.17 Å². The first-order chi connectivity index (χ1) is 2.27. The van der Waals surface area contributed by atoms with Crippen LogP contribution in [0.1, 0.15) is 13.3 Å². The summed E-state index contributed by atoms with van der Waals surface area (Å²) >= 11 is 0. The summed E-state index contributed by atoms with van der Waals surface area (Å²) in [6.45, 7) is 1.95. The van der Waals surface area contributed by atoms with Crippen molar-refractivity contribution in [2.75, 3.05) is 0 Å². The summed E-state index contributed by atoms with van der Waals surface area (Å²) < 4.78 is 0. The molecule has 0 aromatic carbocycles. The zero-order chi connectivity index (χ0) is 4.28. The average molecular weight is 134 g/mol. The van der Waals surface area contributed by atoms with Crippen LogP contribution < -0.4 is 11.5 Å². The van der Waals surface area contributed by atoms with E-state index in [9.17, 15) is 0 Å². The monoisotopic (exact) mass is 134 g/mol.